The predicted octanol–water partition coefficient (Wildman–Crippen LogP) is 4.00. The average Bonchev–Trinajstić information content (AvgIpc) is 2.03. The molecule has 0 spiro atoms. The normalized spacial score (nSPS) is 9.08. The molecule has 0 aromatic carbocycles. The molecule has 13 heavy (non-hydrogen) atoms. The molecule has 0 aromatic rings. The summed E-state index contributed by atoms with van der Waals surface area (Å²) in [6.45, 7) is 12.4. The van der Waals surface area contributed by atoms with Crippen molar-refractivity contribution in [1.82, 2.24) is 0 Å². The Kier molecular flexibility index (Phi) is 35.7. The van der Waals surface area contributed by atoms with E-state index >= 15 is 0 Å². The minimum absolute atomic E-state index is 0. The van der Waals surface area contributed by atoms with Crippen LogP contribution in [0.25, 0.3) is 0 Å². The average molecular weight is 331 g/mol. The molecule has 74 valence electrons. The zero-order valence-corrected chi connectivity index (χ0v) is 15.6. The molecule has 0 nitrogen and oxygen atoms in total. The van der Waals surface area contributed by atoms with E-state index in [9.17, 15) is 0 Å². The molecule has 0 heterocycles. The molecule has 0 aliphatic rings. The SMILES string of the molecule is C[CH-]/C(C)=C(/C)[CH-]C.C[CH-]C.[Y].[Y]. The summed E-state index contributed by atoms with van der Waals surface area (Å²) in [5.74, 6) is 0. The van der Waals surface area contributed by atoms with Gasteiger partial charge in [-0.05, 0) is 0 Å². The minimum Gasteiger partial charge on any atom is -0.364 e. The smallest absolute Gasteiger partial charge is 0 e. The molecular formula is C11H21Y2-3. The molecule has 0 saturated heterocycles. The van der Waals surface area contributed by atoms with Gasteiger partial charge < -0.3 is 30.4 Å². The molecule has 0 bridgehead atoms. The van der Waals surface area contributed by atoms with Crippen LogP contribution in [0.4, 0.5) is 0 Å². The topological polar surface area (TPSA) is 0 Å². The van der Waals surface area contributed by atoms with E-state index in [1.54, 1.807) is 0 Å². The van der Waals surface area contributed by atoms with Crippen molar-refractivity contribution in [3.63, 3.8) is 0 Å². The van der Waals surface area contributed by atoms with Crippen LogP contribution < -0.4 is 0 Å². The third-order valence-corrected chi connectivity index (χ3v) is 1.49. The Balaban J connectivity index is -0.0000000720. The van der Waals surface area contributed by atoms with Gasteiger partial charge in [0.15, 0.2) is 0 Å². The Morgan fingerprint density at radius 2 is 0.846 bits per heavy atom. The molecule has 0 atom stereocenters. The van der Waals surface area contributed by atoms with Crippen molar-refractivity contribution in [1.29, 1.82) is 0 Å². The monoisotopic (exact) mass is 331 g/mol. The molecule has 2 radical (unpaired) electrons. The van der Waals surface area contributed by atoms with Crippen LogP contribution in [0.1, 0.15) is 41.5 Å². The summed E-state index contributed by atoms with van der Waals surface area (Å²) in [5.41, 5.74) is 2.74. The summed E-state index contributed by atoms with van der Waals surface area (Å²) in [4.78, 5) is 0. The van der Waals surface area contributed by atoms with Crippen LogP contribution in [0, 0.1) is 19.3 Å². The van der Waals surface area contributed by atoms with E-state index in [1.165, 1.54) is 11.1 Å². The first kappa shape index (κ1) is 24.1. The third kappa shape index (κ3) is 19.9. The van der Waals surface area contributed by atoms with Gasteiger partial charge in [-0.2, -0.15) is 13.8 Å². The Labute approximate surface area is 135 Å². The first-order chi connectivity index (χ1) is 5.13. The second-order valence-corrected chi connectivity index (χ2v) is 2.52. The van der Waals surface area contributed by atoms with E-state index in [-0.39, 0.29) is 65.4 Å². The first-order valence-corrected chi connectivity index (χ1v) is 4.14. The molecule has 0 N–H and O–H groups in total. The van der Waals surface area contributed by atoms with Crippen molar-refractivity contribution < 1.29 is 65.4 Å². The molecule has 0 saturated carbocycles. The van der Waals surface area contributed by atoms with Crippen LogP contribution in [0.2, 0.25) is 0 Å². The Hall–Kier alpha value is 1.69. The van der Waals surface area contributed by atoms with Gasteiger partial charge in [0.1, 0.15) is 0 Å². The molecule has 0 unspecified atom stereocenters. The Morgan fingerprint density at radius 1 is 0.692 bits per heavy atom. The molecule has 0 aliphatic carbocycles. The van der Waals surface area contributed by atoms with E-state index in [1.807, 2.05) is 20.3 Å². The maximum absolute atomic E-state index is 2.12. The maximum Gasteiger partial charge on any atom is 0 e. The van der Waals surface area contributed by atoms with Crippen LogP contribution >= 0.6 is 0 Å². The van der Waals surface area contributed by atoms with Crippen LogP contribution in [-0.4, -0.2) is 0 Å². The zero-order valence-electron chi connectivity index (χ0n) is 9.89. The fraction of sp³-hybridized carbons (Fsp3) is 0.545. The van der Waals surface area contributed by atoms with Crippen molar-refractivity contribution >= 4 is 0 Å². The number of hydrogen-bond donors (Lipinski definition) is 0. The van der Waals surface area contributed by atoms with Crippen molar-refractivity contribution in [2.45, 2.75) is 41.5 Å². The van der Waals surface area contributed by atoms with Crippen LogP contribution in [0.15, 0.2) is 11.1 Å². The van der Waals surface area contributed by atoms with E-state index in [4.69, 9.17) is 0 Å². The van der Waals surface area contributed by atoms with Crippen molar-refractivity contribution in [2.24, 2.45) is 0 Å². The second-order valence-electron chi connectivity index (χ2n) is 2.52. The van der Waals surface area contributed by atoms with Gasteiger partial charge in [0.25, 0.3) is 0 Å². The number of rotatable bonds is 2. The summed E-state index contributed by atoms with van der Waals surface area (Å²) in [6.07, 6.45) is 6.24. The number of allylic oxidation sites excluding steroid dienone is 2. The maximum atomic E-state index is 2.12. The first-order valence-electron chi connectivity index (χ1n) is 4.14. The number of hydrogen-bond acceptors (Lipinski definition) is 0. The minimum atomic E-state index is 0. The van der Waals surface area contributed by atoms with Crippen LogP contribution in [0.3, 0.4) is 0 Å². The van der Waals surface area contributed by atoms with Gasteiger partial charge in [-0.25, -0.2) is 0 Å². The van der Waals surface area contributed by atoms with E-state index in [2.05, 4.69) is 40.5 Å². The summed E-state index contributed by atoms with van der Waals surface area (Å²) >= 11 is 0. The van der Waals surface area contributed by atoms with Crippen LogP contribution in [0.5, 0.6) is 0 Å². The van der Waals surface area contributed by atoms with Gasteiger partial charge in [0, 0.05) is 65.4 Å². The molecule has 0 fully saturated rings. The predicted molar refractivity (Wildman–Crippen MR) is 54.0 cm³/mol. The fourth-order valence-electron chi connectivity index (χ4n) is 0.455. The molecule has 0 aliphatic heterocycles. The summed E-state index contributed by atoms with van der Waals surface area (Å²) in [5, 5.41) is 0. The molecule has 0 rings (SSSR count). The quantitative estimate of drug-likeness (QED) is 0.671. The van der Waals surface area contributed by atoms with Gasteiger partial charge in [0.2, 0.25) is 0 Å². The second kappa shape index (κ2) is 19.3. The van der Waals surface area contributed by atoms with Gasteiger partial charge in [-0.1, -0.05) is 0 Å². The Bertz CT molecular complexity index is 94.7. The van der Waals surface area contributed by atoms with Crippen LogP contribution in [-0.2, 0) is 65.4 Å². The molecule has 0 amide bonds. The molecular weight excluding hydrogens is 310 g/mol. The zero-order chi connectivity index (χ0) is 9.28. The fourth-order valence-corrected chi connectivity index (χ4v) is 0.455. The van der Waals surface area contributed by atoms with E-state index < -0.39 is 0 Å². The van der Waals surface area contributed by atoms with Crippen molar-refractivity contribution in [3.8, 4) is 0 Å². The summed E-state index contributed by atoms with van der Waals surface area (Å²) < 4.78 is 0. The van der Waals surface area contributed by atoms with Gasteiger partial charge in [0.05, 0.1) is 0 Å². The largest absolute Gasteiger partial charge is 0.364 e. The van der Waals surface area contributed by atoms with Gasteiger partial charge in [-0.3, -0.25) is 0 Å². The molecule has 2 heteroatoms. The van der Waals surface area contributed by atoms with Crippen molar-refractivity contribution in [3.05, 3.63) is 30.4 Å². The van der Waals surface area contributed by atoms with E-state index in [0.29, 0.717) is 0 Å². The standard InChI is InChI=1S/C8H14.C3H7.2Y/c1-5-7(3)8(4)6-2;1-3-2;;/h5-6H,1-4H3;3H,1-2H3;;/q-2;-1;;/b8-7-;;;. The molecule has 0 aromatic heterocycles. The summed E-state index contributed by atoms with van der Waals surface area (Å²) in [7, 11) is 0. The van der Waals surface area contributed by atoms with Gasteiger partial charge >= 0.3 is 0 Å². The Morgan fingerprint density at radius 3 is 0.923 bits per heavy atom. The van der Waals surface area contributed by atoms with Crippen molar-refractivity contribution in [2.75, 3.05) is 0 Å². The van der Waals surface area contributed by atoms with Gasteiger partial charge in [-0.15, -0.1) is 27.7 Å². The summed E-state index contributed by atoms with van der Waals surface area (Å²) in [6, 6.07) is 0. The third-order valence-electron chi connectivity index (χ3n) is 1.49. The van der Waals surface area contributed by atoms with E-state index in [0.717, 1.165) is 0 Å².